The van der Waals surface area contributed by atoms with E-state index in [1.165, 1.54) is 5.69 Å². The van der Waals surface area contributed by atoms with E-state index in [1.807, 2.05) is 7.05 Å². The summed E-state index contributed by atoms with van der Waals surface area (Å²) in [7, 11) is 1.95. The van der Waals surface area contributed by atoms with Crippen molar-refractivity contribution < 1.29 is 0 Å². The lowest BCUT2D eigenvalue weighted by Gasteiger charge is -2.00. The Bertz CT molecular complexity index is 268. The monoisotopic (exact) mass is 245 g/mol. The lowest BCUT2D eigenvalue weighted by molar-refractivity contribution is 0.755. The number of halogens is 1. The van der Waals surface area contributed by atoms with E-state index in [0.29, 0.717) is 5.92 Å². The van der Waals surface area contributed by atoms with Gasteiger partial charge in [0.05, 0.1) is 5.69 Å². The van der Waals surface area contributed by atoms with Gasteiger partial charge in [-0.05, 0) is 28.9 Å². The van der Waals surface area contributed by atoms with Crippen LogP contribution in [-0.2, 0) is 6.42 Å². The normalized spacial score (nSPS) is 11.2. The summed E-state index contributed by atoms with van der Waals surface area (Å²) in [6.07, 6.45) is 0.946. The molecule has 0 aromatic carbocycles. The maximum absolute atomic E-state index is 4.39. The fourth-order valence-electron chi connectivity index (χ4n) is 1.16. The summed E-state index contributed by atoms with van der Waals surface area (Å²) in [5.41, 5.74) is 1.19. The van der Waals surface area contributed by atoms with E-state index in [0.717, 1.165) is 23.4 Å². The fourth-order valence-corrected chi connectivity index (χ4v) is 1.93. The van der Waals surface area contributed by atoms with Crippen molar-refractivity contribution in [1.82, 2.24) is 15.3 Å². The van der Waals surface area contributed by atoms with Crippen LogP contribution in [0.2, 0.25) is 0 Å². The highest BCUT2D eigenvalue weighted by molar-refractivity contribution is 9.10. The lowest BCUT2D eigenvalue weighted by Crippen LogP contribution is -2.11. The van der Waals surface area contributed by atoms with Crippen LogP contribution in [0.25, 0.3) is 0 Å². The summed E-state index contributed by atoms with van der Waals surface area (Å²) in [5.74, 6) is 1.54. The predicted octanol–water partition coefficient (Wildman–Crippen LogP) is 2.06. The highest BCUT2D eigenvalue weighted by atomic mass is 79.9. The molecule has 74 valence electrons. The Labute approximate surface area is 87.5 Å². The van der Waals surface area contributed by atoms with Gasteiger partial charge in [-0.3, -0.25) is 0 Å². The third-order valence-electron chi connectivity index (χ3n) is 1.92. The number of aromatic nitrogens is 2. The molecular weight excluding hydrogens is 230 g/mol. The molecule has 1 heterocycles. The van der Waals surface area contributed by atoms with Gasteiger partial charge in [-0.2, -0.15) is 0 Å². The molecule has 0 atom stereocenters. The van der Waals surface area contributed by atoms with Crippen LogP contribution in [0.1, 0.15) is 31.3 Å². The number of hydrogen-bond donors (Lipinski definition) is 2. The minimum atomic E-state index is 0.491. The number of likely N-dealkylation sites (N-methyl/N-ethyl adjacent to an activating group) is 1. The zero-order valence-corrected chi connectivity index (χ0v) is 9.90. The quantitative estimate of drug-likeness (QED) is 0.853. The van der Waals surface area contributed by atoms with E-state index in [2.05, 4.69) is 45.1 Å². The number of hydrogen-bond acceptors (Lipinski definition) is 2. The van der Waals surface area contributed by atoms with Crippen LogP contribution in [0, 0.1) is 0 Å². The Kier molecular flexibility index (Phi) is 3.93. The van der Waals surface area contributed by atoms with Gasteiger partial charge in [0.25, 0.3) is 0 Å². The number of rotatable bonds is 4. The number of H-pyrrole nitrogens is 1. The average molecular weight is 246 g/mol. The third-order valence-corrected chi connectivity index (χ3v) is 2.53. The zero-order valence-electron chi connectivity index (χ0n) is 8.32. The van der Waals surface area contributed by atoms with Crippen LogP contribution in [0.5, 0.6) is 0 Å². The Morgan fingerprint density at radius 1 is 1.54 bits per heavy atom. The summed E-state index contributed by atoms with van der Waals surface area (Å²) in [6.45, 7) is 5.26. The van der Waals surface area contributed by atoms with Crippen molar-refractivity contribution in [2.24, 2.45) is 0 Å². The summed E-state index contributed by atoms with van der Waals surface area (Å²) in [6, 6.07) is 0. The van der Waals surface area contributed by atoms with E-state index < -0.39 is 0 Å². The third kappa shape index (κ3) is 2.81. The molecule has 13 heavy (non-hydrogen) atoms. The smallest absolute Gasteiger partial charge is 0.127 e. The van der Waals surface area contributed by atoms with Gasteiger partial charge in [-0.1, -0.05) is 13.8 Å². The van der Waals surface area contributed by atoms with Crippen molar-refractivity contribution in [3.05, 3.63) is 16.1 Å². The van der Waals surface area contributed by atoms with Gasteiger partial charge in [0.1, 0.15) is 10.4 Å². The van der Waals surface area contributed by atoms with E-state index in [1.54, 1.807) is 0 Å². The van der Waals surface area contributed by atoms with E-state index in [-0.39, 0.29) is 0 Å². The van der Waals surface area contributed by atoms with Crippen LogP contribution in [-0.4, -0.2) is 23.6 Å². The minimum Gasteiger partial charge on any atom is -0.345 e. The molecule has 0 saturated carbocycles. The first-order valence-electron chi connectivity index (χ1n) is 4.54. The highest BCUT2D eigenvalue weighted by Crippen LogP contribution is 2.21. The van der Waals surface area contributed by atoms with Gasteiger partial charge < -0.3 is 10.3 Å². The molecule has 0 fully saturated rings. The van der Waals surface area contributed by atoms with Crippen LogP contribution < -0.4 is 5.32 Å². The van der Waals surface area contributed by atoms with Gasteiger partial charge in [0.15, 0.2) is 0 Å². The van der Waals surface area contributed by atoms with Crippen molar-refractivity contribution in [3.8, 4) is 0 Å². The summed E-state index contributed by atoms with van der Waals surface area (Å²) >= 11 is 3.45. The maximum atomic E-state index is 4.39. The van der Waals surface area contributed by atoms with Gasteiger partial charge in [-0.15, -0.1) is 0 Å². The van der Waals surface area contributed by atoms with Crippen LogP contribution in [0.3, 0.4) is 0 Å². The van der Waals surface area contributed by atoms with Crippen molar-refractivity contribution in [2.75, 3.05) is 13.6 Å². The molecule has 0 unspecified atom stereocenters. The molecular formula is C9H16BrN3. The molecule has 1 aromatic heterocycles. The molecule has 0 spiro atoms. The van der Waals surface area contributed by atoms with Gasteiger partial charge >= 0.3 is 0 Å². The Morgan fingerprint density at radius 3 is 2.69 bits per heavy atom. The SMILES string of the molecule is CNCCc1nc(Br)c(C(C)C)[nH]1. The zero-order chi connectivity index (χ0) is 9.84. The van der Waals surface area contributed by atoms with E-state index >= 15 is 0 Å². The molecule has 3 nitrogen and oxygen atoms in total. The number of nitrogens with zero attached hydrogens (tertiary/aromatic N) is 1. The molecule has 0 amide bonds. The second-order valence-corrected chi connectivity index (χ2v) is 4.15. The predicted molar refractivity (Wildman–Crippen MR) is 58.0 cm³/mol. The number of aromatic amines is 1. The van der Waals surface area contributed by atoms with Crippen molar-refractivity contribution in [3.63, 3.8) is 0 Å². The second kappa shape index (κ2) is 4.77. The number of imidazole rings is 1. The largest absolute Gasteiger partial charge is 0.345 e. The van der Waals surface area contributed by atoms with E-state index in [9.17, 15) is 0 Å². The summed E-state index contributed by atoms with van der Waals surface area (Å²) in [4.78, 5) is 7.71. The molecule has 0 aliphatic carbocycles. The minimum absolute atomic E-state index is 0.491. The van der Waals surface area contributed by atoms with Crippen LogP contribution in [0.4, 0.5) is 0 Å². The molecule has 0 aliphatic heterocycles. The molecule has 0 aliphatic rings. The lowest BCUT2D eigenvalue weighted by atomic mass is 10.2. The van der Waals surface area contributed by atoms with Gasteiger partial charge in [0, 0.05) is 13.0 Å². The highest BCUT2D eigenvalue weighted by Gasteiger charge is 2.09. The molecule has 1 aromatic rings. The molecule has 1 rings (SSSR count). The summed E-state index contributed by atoms with van der Waals surface area (Å²) < 4.78 is 0.952. The molecule has 2 N–H and O–H groups in total. The molecule has 0 saturated heterocycles. The van der Waals surface area contributed by atoms with Crippen molar-refractivity contribution in [1.29, 1.82) is 0 Å². The van der Waals surface area contributed by atoms with Crippen LogP contribution in [0.15, 0.2) is 4.60 Å². The molecule has 0 radical (unpaired) electrons. The average Bonchev–Trinajstić information content (AvgIpc) is 2.43. The number of nitrogens with one attached hydrogen (secondary N) is 2. The Hall–Kier alpha value is -0.350. The first-order chi connectivity index (χ1) is 6.15. The van der Waals surface area contributed by atoms with Gasteiger partial charge in [0.2, 0.25) is 0 Å². The standard InChI is InChI=1S/C9H16BrN3/c1-6(2)8-9(10)13-7(12-8)4-5-11-3/h6,11H,4-5H2,1-3H3,(H,12,13). The first-order valence-corrected chi connectivity index (χ1v) is 5.33. The first kappa shape index (κ1) is 10.7. The second-order valence-electron chi connectivity index (χ2n) is 3.40. The van der Waals surface area contributed by atoms with Crippen LogP contribution >= 0.6 is 15.9 Å². The molecule has 4 heteroatoms. The molecule has 0 bridgehead atoms. The summed E-state index contributed by atoms with van der Waals surface area (Å²) in [5, 5.41) is 3.10. The topological polar surface area (TPSA) is 40.7 Å². The maximum Gasteiger partial charge on any atom is 0.127 e. The Morgan fingerprint density at radius 2 is 2.23 bits per heavy atom. The van der Waals surface area contributed by atoms with E-state index in [4.69, 9.17) is 0 Å². The van der Waals surface area contributed by atoms with Crippen molar-refractivity contribution in [2.45, 2.75) is 26.2 Å². The van der Waals surface area contributed by atoms with Crippen molar-refractivity contribution >= 4 is 15.9 Å². The van der Waals surface area contributed by atoms with Gasteiger partial charge in [-0.25, -0.2) is 4.98 Å². The Balaban J connectivity index is 2.71. The fraction of sp³-hybridized carbons (Fsp3) is 0.667.